The number of nitrogens with one attached hydrogen (secondary N) is 1. The van der Waals surface area contributed by atoms with E-state index < -0.39 is 6.23 Å². The first-order valence-corrected chi connectivity index (χ1v) is 7.80. The topological polar surface area (TPSA) is 56.8 Å². The van der Waals surface area contributed by atoms with Gasteiger partial charge in [-0.05, 0) is 37.3 Å². The van der Waals surface area contributed by atoms with Gasteiger partial charge in [-0.1, -0.05) is 24.8 Å². The molecule has 1 atom stereocenters. The molecule has 0 bridgehead atoms. The van der Waals surface area contributed by atoms with Gasteiger partial charge in [-0.2, -0.15) is 0 Å². The maximum atomic E-state index is 12.2. The quantitative estimate of drug-likeness (QED) is 0.826. The maximum Gasteiger partial charge on any atom is 0.258 e. The molecule has 0 saturated heterocycles. The van der Waals surface area contributed by atoms with Gasteiger partial charge in [0.25, 0.3) is 5.91 Å². The summed E-state index contributed by atoms with van der Waals surface area (Å²) in [4.78, 5) is 12.2. The van der Waals surface area contributed by atoms with Gasteiger partial charge in [0.05, 0.1) is 12.2 Å². The lowest BCUT2D eigenvalue weighted by atomic mass is 10.1. The lowest BCUT2D eigenvalue weighted by Crippen LogP contribution is -2.36. The predicted octanol–water partition coefficient (Wildman–Crippen LogP) is 3.47. The number of amides is 1. The second-order valence-corrected chi connectivity index (χ2v) is 5.21. The van der Waals surface area contributed by atoms with Crippen LogP contribution < -0.4 is 19.5 Å². The Hall–Kier alpha value is -2.95. The molecule has 5 heteroatoms. The van der Waals surface area contributed by atoms with E-state index in [0.29, 0.717) is 36.0 Å². The van der Waals surface area contributed by atoms with Crippen molar-refractivity contribution in [3.05, 3.63) is 66.2 Å². The van der Waals surface area contributed by atoms with E-state index in [1.165, 1.54) is 0 Å². The van der Waals surface area contributed by atoms with Gasteiger partial charge in [-0.3, -0.25) is 4.79 Å². The summed E-state index contributed by atoms with van der Waals surface area (Å²) in [6.07, 6.45) is 1.10. The Kier molecular flexibility index (Phi) is 4.70. The minimum absolute atomic E-state index is 0.160. The van der Waals surface area contributed by atoms with Crippen molar-refractivity contribution in [2.45, 2.75) is 13.2 Å². The van der Waals surface area contributed by atoms with Gasteiger partial charge in [0.1, 0.15) is 12.4 Å². The summed E-state index contributed by atoms with van der Waals surface area (Å²) in [5.74, 6) is 1.64. The molecule has 0 aliphatic carbocycles. The molecule has 2 aromatic carbocycles. The van der Waals surface area contributed by atoms with Crippen LogP contribution in [-0.2, 0) is 0 Å². The van der Waals surface area contributed by atoms with Gasteiger partial charge in [-0.25, -0.2) is 0 Å². The second-order valence-electron chi connectivity index (χ2n) is 5.21. The normalized spacial score (nSPS) is 15.7. The van der Waals surface area contributed by atoms with Crippen LogP contribution in [-0.4, -0.2) is 19.1 Å². The first-order chi connectivity index (χ1) is 11.7. The Balaban J connectivity index is 1.88. The van der Waals surface area contributed by atoms with Crippen molar-refractivity contribution in [1.82, 2.24) is 5.32 Å². The van der Waals surface area contributed by atoms with Crippen molar-refractivity contribution in [2.75, 3.05) is 13.2 Å². The number of ether oxygens (including phenoxy) is 3. The van der Waals surface area contributed by atoms with Crippen LogP contribution in [0.1, 0.15) is 29.1 Å². The molecule has 0 fully saturated rings. The Labute approximate surface area is 140 Å². The number of hydrogen-bond acceptors (Lipinski definition) is 4. The van der Waals surface area contributed by atoms with Crippen LogP contribution in [0.3, 0.4) is 0 Å². The number of carbonyl (C=O) groups is 1. The Morgan fingerprint density at radius 1 is 1.21 bits per heavy atom. The first kappa shape index (κ1) is 15.9. The molecule has 0 aromatic heterocycles. The van der Waals surface area contributed by atoms with E-state index in [9.17, 15) is 4.79 Å². The molecule has 5 nitrogen and oxygen atoms in total. The van der Waals surface area contributed by atoms with Gasteiger partial charge in [0.15, 0.2) is 17.7 Å². The fraction of sp³-hybridized carbons (Fsp3) is 0.211. The fourth-order valence-electron chi connectivity index (χ4n) is 2.49. The summed E-state index contributed by atoms with van der Waals surface area (Å²) in [7, 11) is 0. The van der Waals surface area contributed by atoms with Crippen LogP contribution in [0.15, 0.2) is 55.1 Å². The molecule has 3 rings (SSSR count). The van der Waals surface area contributed by atoms with Crippen molar-refractivity contribution >= 4 is 5.91 Å². The largest absolute Gasteiger partial charge is 0.490 e. The smallest absolute Gasteiger partial charge is 0.258 e. The Bertz CT molecular complexity index is 757. The molecule has 0 radical (unpaired) electrons. The van der Waals surface area contributed by atoms with Crippen molar-refractivity contribution in [3.8, 4) is 17.2 Å². The van der Waals surface area contributed by atoms with Crippen molar-refractivity contribution in [3.63, 3.8) is 0 Å². The zero-order valence-corrected chi connectivity index (χ0v) is 13.5. The molecule has 1 aliphatic rings. The zero-order valence-electron chi connectivity index (χ0n) is 13.5. The summed E-state index contributed by atoms with van der Waals surface area (Å²) in [5, 5.41) is 2.85. The summed E-state index contributed by atoms with van der Waals surface area (Å²) in [5.41, 5.74) is 1.32. The third kappa shape index (κ3) is 3.20. The Morgan fingerprint density at radius 3 is 2.83 bits per heavy atom. The van der Waals surface area contributed by atoms with E-state index in [1.54, 1.807) is 30.3 Å². The van der Waals surface area contributed by atoms with Crippen LogP contribution in [0.4, 0.5) is 0 Å². The third-order valence-electron chi connectivity index (χ3n) is 3.57. The highest BCUT2D eigenvalue weighted by molar-refractivity contribution is 5.98. The molecular formula is C19H19NO4. The monoisotopic (exact) mass is 325 g/mol. The molecule has 0 saturated carbocycles. The van der Waals surface area contributed by atoms with E-state index in [1.807, 2.05) is 25.1 Å². The molecule has 1 heterocycles. The number of carbonyl (C=O) groups excluding carboxylic acids is 1. The Morgan fingerprint density at radius 2 is 2.04 bits per heavy atom. The molecule has 1 aliphatic heterocycles. The van der Waals surface area contributed by atoms with E-state index in [4.69, 9.17) is 14.2 Å². The molecule has 1 amide bonds. The number of rotatable bonds is 6. The van der Waals surface area contributed by atoms with Gasteiger partial charge in [0.2, 0.25) is 0 Å². The minimum atomic E-state index is -0.569. The number of benzene rings is 2. The van der Waals surface area contributed by atoms with Gasteiger partial charge < -0.3 is 19.5 Å². The van der Waals surface area contributed by atoms with Gasteiger partial charge >= 0.3 is 0 Å². The van der Waals surface area contributed by atoms with E-state index in [-0.39, 0.29) is 5.91 Å². The van der Waals surface area contributed by atoms with Crippen molar-refractivity contribution < 1.29 is 19.0 Å². The van der Waals surface area contributed by atoms with Gasteiger partial charge in [0, 0.05) is 5.56 Å². The lowest BCUT2D eigenvalue weighted by Gasteiger charge is -2.27. The molecule has 124 valence electrons. The standard InChI is InChI=1S/C19H19NO4/c1-3-11-23-16-10-9-13(12-17(16)22-4-2)19-20-18(21)14-7-5-6-8-15(14)24-19/h3,5-10,12,19H,1,4,11H2,2H3,(H,20,21)/t19-/m0/s1. The number of fused-ring (bicyclic) bond motifs is 1. The van der Waals surface area contributed by atoms with Crippen LogP contribution in [0.25, 0.3) is 0 Å². The molecule has 0 spiro atoms. The van der Waals surface area contributed by atoms with Crippen LogP contribution in [0.5, 0.6) is 17.2 Å². The first-order valence-electron chi connectivity index (χ1n) is 7.80. The average Bonchev–Trinajstić information content (AvgIpc) is 2.61. The molecule has 24 heavy (non-hydrogen) atoms. The summed E-state index contributed by atoms with van der Waals surface area (Å²) >= 11 is 0. The number of hydrogen-bond donors (Lipinski definition) is 1. The zero-order chi connectivity index (χ0) is 16.9. The second kappa shape index (κ2) is 7.08. The third-order valence-corrected chi connectivity index (χ3v) is 3.57. The SMILES string of the molecule is C=CCOc1ccc([C@H]2NC(=O)c3ccccc3O2)cc1OCC. The maximum absolute atomic E-state index is 12.2. The highest BCUT2D eigenvalue weighted by Crippen LogP contribution is 2.34. The highest BCUT2D eigenvalue weighted by Gasteiger charge is 2.26. The molecule has 2 aromatic rings. The summed E-state index contributed by atoms with van der Waals surface area (Å²) < 4.78 is 17.1. The summed E-state index contributed by atoms with van der Waals surface area (Å²) in [6.45, 7) is 6.44. The lowest BCUT2D eigenvalue weighted by molar-refractivity contribution is 0.0755. The highest BCUT2D eigenvalue weighted by atomic mass is 16.5. The van der Waals surface area contributed by atoms with Crippen molar-refractivity contribution in [2.24, 2.45) is 0 Å². The average molecular weight is 325 g/mol. The fourth-order valence-corrected chi connectivity index (χ4v) is 2.49. The molecule has 1 N–H and O–H groups in total. The molecular weight excluding hydrogens is 306 g/mol. The van der Waals surface area contributed by atoms with Crippen LogP contribution in [0.2, 0.25) is 0 Å². The van der Waals surface area contributed by atoms with Crippen molar-refractivity contribution in [1.29, 1.82) is 0 Å². The van der Waals surface area contributed by atoms with E-state index >= 15 is 0 Å². The minimum Gasteiger partial charge on any atom is -0.490 e. The van der Waals surface area contributed by atoms with E-state index in [2.05, 4.69) is 11.9 Å². The van der Waals surface area contributed by atoms with Gasteiger partial charge in [-0.15, -0.1) is 0 Å². The number of para-hydroxylation sites is 1. The predicted molar refractivity (Wildman–Crippen MR) is 90.6 cm³/mol. The molecule has 0 unspecified atom stereocenters. The van der Waals surface area contributed by atoms with Crippen LogP contribution >= 0.6 is 0 Å². The van der Waals surface area contributed by atoms with E-state index in [0.717, 1.165) is 5.56 Å². The van der Waals surface area contributed by atoms with Crippen LogP contribution in [0, 0.1) is 0 Å². The summed E-state index contributed by atoms with van der Waals surface area (Å²) in [6, 6.07) is 12.6.